The molecule has 0 aliphatic heterocycles. The molecule has 0 spiro atoms. The lowest BCUT2D eigenvalue weighted by Crippen LogP contribution is -2.51. The number of nitrogens with zero attached hydrogens (tertiary/aromatic N) is 2. The summed E-state index contributed by atoms with van der Waals surface area (Å²) >= 11 is 12.0. The molecule has 7 nitrogen and oxygen atoms in total. The minimum absolute atomic E-state index is 0.00820. The van der Waals surface area contributed by atoms with Crippen LogP contribution in [0, 0.1) is 0 Å². The Morgan fingerprint density at radius 3 is 1.97 bits per heavy atom. The van der Waals surface area contributed by atoms with Crippen LogP contribution in [0.3, 0.4) is 0 Å². The number of likely N-dealkylation sites (N-methyl/N-ethyl adjacent to an activating group) is 1. The Morgan fingerprint density at radius 1 is 0.889 bits per heavy atom. The lowest BCUT2D eigenvalue weighted by atomic mass is 10.1. The number of benzene rings is 3. The third-order valence-corrected chi connectivity index (χ3v) is 7.92. The number of carbonyl (C=O) groups is 2. The molecule has 0 aromatic heterocycles. The smallest absolute Gasteiger partial charge is 0.264 e. The molecule has 3 aromatic rings. The van der Waals surface area contributed by atoms with Gasteiger partial charge in [0.15, 0.2) is 0 Å². The van der Waals surface area contributed by atoms with Crippen LogP contribution in [0.2, 0.25) is 10.0 Å². The molecule has 10 heteroatoms. The fraction of sp³-hybridized carbons (Fsp3) is 0.231. The normalized spacial score (nSPS) is 12.0. The minimum atomic E-state index is -4.13. The lowest BCUT2D eigenvalue weighted by molar-refractivity contribution is -0.140. The second kappa shape index (κ2) is 12.3. The number of sulfonamides is 1. The van der Waals surface area contributed by atoms with Gasteiger partial charge in [0.1, 0.15) is 12.6 Å². The number of nitrogens with one attached hydrogen (secondary N) is 1. The first-order valence-electron chi connectivity index (χ1n) is 11.3. The Labute approximate surface area is 221 Å². The summed E-state index contributed by atoms with van der Waals surface area (Å²) in [5.41, 5.74) is 1.07. The number of carbonyl (C=O) groups excluding carboxylic acids is 2. The Balaban J connectivity index is 2.02. The maximum atomic E-state index is 13.7. The predicted molar refractivity (Wildman–Crippen MR) is 143 cm³/mol. The van der Waals surface area contributed by atoms with E-state index < -0.39 is 28.5 Å². The molecule has 3 aromatic carbocycles. The molecule has 0 radical (unpaired) electrons. The van der Waals surface area contributed by atoms with E-state index in [0.717, 1.165) is 9.87 Å². The first-order valence-corrected chi connectivity index (χ1v) is 13.5. The van der Waals surface area contributed by atoms with Crippen molar-refractivity contribution in [3.63, 3.8) is 0 Å². The number of rotatable bonds is 10. The van der Waals surface area contributed by atoms with Crippen molar-refractivity contribution in [1.29, 1.82) is 0 Å². The van der Waals surface area contributed by atoms with Gasteiger partial charge in [-0.3, -0.25) is 13.9 Å². The first kappa shape index (κ1) is 27.5. The van der Waals surface area contributed by atoms with E-state index in [1.54, 1.807) is 61.5 Å². The fourth-order valence-electron chi connectivity index (χ4n) is 3.73. The molecule has 0 saturated carbocycles. The Bertz CT molecular complexity index is 1290. The Morgan fingerprint density at radius 2 is 1.44 bits per heavy atom. The zero-order chi connectivity index (χ0) is 26.3. The predicted octanol–water partition coefficient (Wildman–Crippen LogP) is 4.74. The molecule has 1 N–H and O–H groups in total. The van der Waals surface area contributed by atoms with E-state index in [-0.39, 0.29) is 17.3 Å². The van der Waals surface area contributed by atoms with Gasteiger partial charge in [-0.25, -0.2) is 8.42 Å². The number of halogens is 2. The summed E-state index contributed by atoms with van der Waals surface area (Å²) in [6.07, 6.45) is 0.342. The maximum absolute atomic E-state index is 13.7. The average Bonchev–Trinajstić information content (AvgIpc) is 2.88. The molecular weight excluding hydrogens is 521 g/mol. The van der Waals surface area contributed by atoms with Gasteiger partial charge in [-0.1, -0.05) is 60.5 Å². The van der Waals surface area contributed by atoms with Crippen LogP contribution < -0.4 is 9.62 Å². The lowest BCUT2D eigenvalue weighted by Gasteiger charge is -2.33. The van der Waals surface area contributed by atoms with Gasteiger partial charge in [0.05, 0.1) is 10.6 Å². The van der Waals surface area contributed by atoms with Crippen LogP contribution in [0.4, 0.5) is 5.69 Å². The first-order chi connectivity index (χ1) is 17.2. The van der Waals surface area contributed by atoms with Crippen LogP contribution in [-0.4, -0.2) is 44.8 Å². The van der Waals surface area contributed by atoms with Crippen LogP contribution >= 0.6 is 23.2 Å². The van der Waals surface area contributed by atoms with Gasteiger partial charge in [-0.15, -0.1) is 0 Å². The van der Waals surface area contributed by atoms with Crippen molar-refractivity contribution in [1.82, 2.24) is 10.2 Å². The summed E-state index contributed by atoms with van der Waals surface area (Å²) in [6, 6.07) is 20.2. The van der Waals surface area contributed by atoms with Crippen LogP contribution in [0.25, 0.3) is 0 Å². The van der Waals surface area contributed by atoms with Crippen molar-refractivity contribution in [2.45, 2.75) is 30.8 Å². The van der Waals surface area contributed by atoms with Crippen molar-refractivity contribution in [3.8, 4) is 0 Å². The quantitative estimate of drug-likeness (QED) is 0.397. The zero-order valence-corrected chi connectivity index (χ0v) is 22.2. The molecule has 190 valence electrons. The molecule has 3 rings (SSSR count). The highest BCUT2D eigenvalue weighted by Crippen LogP contribution is 2.25. The van der Waals surface area contributed by atoms with Gasteiger partial charge < -0.3 is 10.2 Å². The number of anilines is 1. The molecule has 0 aliphatic rings. The molecule has 0 heterocycles. The second-order valence-corrected chi connectivity index (χ2v) is 10.7. The van der Waals surface area contributed by atoms with Crippen molar-refractivity contribution < 1.29 is 18.0 Å². The molecule has 36 heavy (non-hydrogen) atoms. The van der Waals surface area contributed by atoms with Crippen LogP contribution in [-0.2, 0) is 26.2 Å². The average molecular weight is 548 g/mol. The molecule has 0 bridgehead atoms. The van der Waals surface area contributed by atoms with E-state index in [1.807, 2.05) is 0 Å². The number of para-hydroxylation sites is 1. The third-order valence-electron chi connectivity index (χ3n) is 5.62. The SMILES string of the molecule is CC[C@H](C(=O)NC)N(Cc1ccc(Cl)cc1)C(=O)CN(c1ccccc1)S(=O)(=O)c1ccc(Cl)cc1. The summed E-state index contributed by atoms with van der Waals surface area (Å²) in [4.78, 5) is 27.8. The van der Waals surface area contributed by atoms with Gasteiger partial charge in [-0.2, -0.15) is 0 Å². The van der Waals surface area contributed by atoms with E-state index in [0.29, 0.717) is 22.2 Å². The minimum Gasteiger partial charge on any atom is -0.357 e. The summed E-state index contributed by atoms with van der Waals surface area (Å²) in [5, 5.41) is 3.53. The molecule has 0 aliphatic carbocycles. The molecular formula is C26H27Cl2N3O4S. The monoisotopic (exact) mass is 547 g/mol. The van der Waals surface area contributed by atoms with E-state index in [4.69, 9.17) is 23.2 Å². The topological polar surface area (TPSA) is 86.8 Å². The van der Waals surface area contributed by atoms with Gasteiger partial charge in [0.2, 0.25) is 11.8 Å². The molecule has 1 atom stereocenters. The van der Waals surface area contributed by atoms with E-state index in [2.05, 4.69) is 5.32 Å². The van der Waals surface area contributed by atoms with Crippen LogP contribution in [0.15, 0.2) is 83.8 Å². The summed E-state index contributed by atoms with van der Waals surface area (Å²) in [6.45, 7) is 1.39. The standard InChI is InChI=1S/C26H27Cl2N3O4S/c1-3-24(26(33)29-2)30(17-19-9-11-20(27)12-10-19)25(32)18-31(22-7-5-4-6-8-22)36(34,35)23-15-13-21(28)14-16-23/h4-16,24H,3,17-18H2,1-2H3,(H,29,33)/t24-/m1/s1. The molecule has 0 unspecified atom stereocenters. The fourth-order valence-corrected chi connectivity index (χ4v) is 5.40. The third kappa shape index (κ3) is 6.57. The van der Waals surface area contributed by atoms with E-state index in [1.165, 1.54) is 36.2 Å². The van der Waals surface area contributed by atoms with Gasteiger partial charge in [-0.05, 0) is 60.5 Å². The van der Waals surface area contributed by atoms with Crippen molar-refractivity contribution in [3.05, 3.63) is 94.5 Å². The highest BCUT2D eigenvalue weighted by Gasteiger charge is 2.33. The highest BCUT2D eigenvalue weighted by atomic mass is 35.5. The zero-order valence-electron chi connectivity index (χ0n) is 19.9. The van der Waals surface area contributed by atoms with Crippen LogP contribution in [0.5, 0.6) is 0 Å². The number of amides is 2. The van der Waals surface area contributed by atoms with Crippen molar-refractivity contribution in [2.75, 3.05) is 17.9 Å². The van der Waals surface area contributed by atoms with Crippen molar-refractivity contribution >= 4 is 50.7 Å². The largest absolute Gasteiger partial charge is 0.357 e. The number of hydrogen-bond acceptors (Lipinski definition) is 4. The number of hydrogen-bond donors (Lipinski definition) is 1. The van der Waals surface area contributed by atoms with Gasteiger partial charge in [0.25, 0.3) is 10.0 Å². The molecule has 2 amide bonds. The van der Waals surface area contributed by atoms with Crippen LogP contribution in [0.1, 0.15) is 18.9 Å². The summed E-state index contributed by atoms with van der Waals surface area (Å²) in [5.74, 6) is -0.867. The summed E-state index contributed by atoms with van der Waals surface area (Å²) in [7, 11) is -2.63. The molecule has 0 saturated heterocycles. The maximum Gasteiger partial charge on any atom is 0.264 e. The van der Waals surface area contributed by atoms with E-state index in [9.17, 15) is 18.0 Å². The van der Waals surface area contributed by atoms with Gasteiger partial charge >= 0.3 is 0 Å². The van der Waals surface area contributed by atoms with Gasteiger partial charge in [0, 0.05) is 23.6 Å². The second-order valence-electron chi connectivity index (χ2n) is 7.99. The van der Waals surface area contributed by atoms with Crippen molar-refractivity contribution in [2.24, 2.45) is 0 Å². The summed E-state index contributed by atoms with van der Waals surface area (Å²) < 4.78 is 28.3. The molecule has 0 fully saturated rings. The highest BCUT2D eigenvalue weighted by molar-refractivity contribution is 7.92. The van der Waals surface area contributed by atoms with E-state index >= 15 is 0 Å². The Hall–Kier alpha value is -3.07. The Kier molecular flexibility index (Phi) is 9.37.